The first-order valence-electron chi connectivity index (χ1n) is 7.99. The standard InChI is InChI=1S/C16H32N2O2/c1-6-20-15(19)14(17-13(2)3)8-11-18-10-7-9-16(4,5)12-18/h13-14,17H,6-12H2,1-5H3. The van der Waals surface area contributed by atoms with Crippen LogP contribution in [0.15, 0.2) is 0 Å². The van der Waals surface area contributed by atoms with Crippen LogP contribution in [0.4, 0.5) is 0 Å². The van der Waals surface area contributed by atoms with Crippen molar-refractivity contribution in [1.82, 2.24) is 10.2 Å². The predicted molar refractivity (Wildman–Crippen MR) is 82.8 cm³/mol. The Morgan fingerprint density at radius 2 is 2.10 bits per heavy atom. The highest BCUT2D eigenvalue weighted by Gasteiger charge is 2.27. The summed E-state index contributed by atoms with van der Waals surface area (Å²) in [5, 5.41) is 3.32. The lowest BCUT2D eigenvalue weighted by Crippen LogP contribution is -2.46. The Bertz CT molecular complexity index is 303. The second kappa shape index (κ2) is 7.99. The molecule has 0 aromatic heterocycles. The number of carbonyl (C=O) groups is 1. The van der Waals surface area contributed by atoms with Crippen molar-refractivity contribution in [1.29, 1.82) is 0 Å². The first-order valence-corrected chi connectivity index (χ1v) is 7.99. The fraction of sp³-hybridized carbons (Fsp3) is 0.938. The molecule has 0 radical (unpaired) electrons. The van der Waals surface area contributed by atoms with Crippen LogP contribution >= 0.6 is 0 Å². The zero-order valence-corrected chi connectivity index (χ0v) is 13.9. The number of nitrogens with zero attached hydrogens (tertiary/aromatic N) is 1. The second-order valence-electron chi connectivity index (χ2n) is 6.96. The van der Waals surface area contributed by atoms with Gasteiger partial charge in [0, 0.05) is 19.1 Å². The summed E-state index contributed by atoms with van der Waals surface area (Å²) in [4.78, 5) is 14.5. The molecule has 1 fully saturated rings. The van der Waals surface area contributed by atoms with Gasteiger partial charge in [-0.3, -0.25) is 4.79 Å². The Kier molecular flexibility index (Phi) is 6.96. The normalized spacial score (nSPS) is 20.9. The van der Waals surface area contributed by atoms with E-state index in [9.17, 15) is 4.79 Å². The minimum Gasteiger partial charge on any atom is -0.465 e. The first kappa shape index (κ1) is 17.4. The number of rotatable bonds is 7. The average molecular weight is 284 g/mol. The maximum Gasteiger partial charge on any atom is 0.323 e. The van der Waals surface area contributed by atoms with Gasteiger partial charge in [-0.15, -0.1) is 0 Å². The molecule has 0 saturated carbocycles. The van der Waals surface area contributed by atoms with Gasteiger partial charge in [0.2, 0.25) is 0 Å². The summed E-state index contributed by atoms with van der Waals surface area (Å²) < 4.78 is 5.17. The molecule has 4 nitrogen and oxygen atoms in total. The fourth-order valence-corrected chi connectivity index (χ4v) is 2.96. The van der Waals surface area contributed by atoms with Crippen LogP contribution in [0.5, 0.6) is 0 Å². The number of nitrogens with one attached hydrogen (secondary N) is 1. The molecule has 0 aromatic rings. The Morgan fingerprint density at radius 3 is 2.65 bits per heavy atom. The molecule has 1 rings (SSSR count). The monoisotopic (exact) mass is 284 g/mol. The third-order valence-electron chi connectivity index (χ3n) is 3.82. The van der Waals surface area contributed by atoms with Gasteiger partial charge >= 0.3 is 5.97 Å². The minimum absolute atomic E-state index is 0.113. The molecule has 1 unspecified atom stereocenters. The van der Waals surface area contributed by atoms with Gasteiger partial charge < -0.3 is 15.0 Å². The van der Waals surface area contributed by atoms with Gasteiger partial charge in [0.25, 0.3) is 0 Å². The lowest BCUT2D eigenvalue weighted by Gasteiger charge is -2.38. The Labute approximate surface area is 124 Å². The lowest BCUT2D eigenvalue weighted by atomic mass is 9.84. The van der Waals surface area contributed by atoms with Gasteiger partial charge in [0.05, 0.1) is 6.61 Å². The maximum atomic E-state index is 12.0. The highest BCUT2D eigenvalue weighted by molar-refractivity contribution is 5.75. The number of hydrogen-bond donors (Lipinski definition) is 1. The zero-order chi connectivity index (χ0) is 15.2. The van der Waals surface area contributed by atoms with E-state index in [0.29, 0.717) is 18.1 Å². The highest BCUT2D eigenvalue weighted by Crippen LogP contribution is 2.28. The third kappa shape index (κ3) is 6.23. The van der Waals surface area contributed by atoms with E-state index < -0.39 is 0 Å². The van der Waals surface area contributed by atoms with Gasteiger partial charge in [-0.05, 0) is 38.1 Å². The van der Waals surface area contributed by atoms with Crippen LogP contribution in [0.25, 0.3) is 0 Å². The number of piperidine rings is 1. The average Bonchev–Trinajstić information content (AvgIpc) is 2.33. The van der Waals surface area contributed by atoms with Crippen molar-refractivity contribution < 1.29 is 9.53 Å². The van der Waals surface area contributed by atoms with Crippen LogP contribution in [0.2, 0.25) is 0 Å². The van der Waals surface area contributed by atoms with E-state index >= 15 is 0 Å². The summed E-state index contributed by atoms with van der Waals surface area (Å²) in [6.07, 6.45) is 3.39. The van der Waals surface area contributed by atoms with Crippen LogP contribution in [0.1, 0.15) is 53.9 Å². The quantitative estimate of drug-likeness (QED) is 0.729. The molecule has 1 aliphatic heterocycles. The molecular formula is C16H32N2O2. The summed E-state index contributed by atoms with van der Waals surface area (Å²) in [6, 6.07) is 0.113. The second-order valence-corrected chi connectivity index (χ2v) is 6.96. The van der Waals surface area contributed by atoms with Crippen molar-refractivity contribution in [3.63, 3.8) is 0 Å². The van der Waals surface area contributed by atoms with Crippen LogP contribution in [0.3, 0.4) is 0 Å². The number of carbonyl (C=O) groups excluding carboxylic acids is 1. The number of hydrogen-bond acceptors (Lipinski definition) is 4. The molecule has 118 valence electrons. The van der Waals surface area contributed by atoms with Crippen molar-refractivity contribution in [2.24, 2.45) is 5.41 Å². The topological polar surface area (TPSA) is 41.6 Å². The number of ether oxygens (including phenoxy) is 1. The summed E-state index contributed by atoms with van der Waals surface area (Å²) in [7, 11) is 0. The SMILES string of the molecule is CCOC(=O)C(CCN1CCCC(C)(C)C1)NC(C)C. The van der Waals surface area contributed by atoms with E-state index in [0.717, 1.165) is 26.1 Å². The first-order chi connectivity index (χ1) is 9.34. The van der Waals surface area contributed by atoms with Crippen molar-refractivity contribution in [3.8, 4) is 0 Å². The van der Waals surface area contributed by atoms with Gasteiger partial charge in [-0.25, -0.2) is 0 Å². The molecular weight excluding hydrogens is 252 g/mol. The van der Waals surface area contributed by atoms with E-state index in [-0.39, 0.29) is 12.0 Å². The molecule has 0 bridgehead atoms. The van der Waals surface area contributed by atoms with Crippen molar-refractivity contribution in [3.05, 3.63) is 0 Å². The molecule has 1 aliphatic rings. The van der Waals surface area contributed by atoms with E-state index in [2.05, 4.69) is 37.9 Å². The highest BCUT2D eigenvalue weighted by atomic mass is 16.5. The Balaban J connectivity index is 2.46. The van der Waals surface area contributed by atoms with E-state index in [1.165, 1.54) is 12.8 Å². The number of esters is 1. The molecule has 20 heavy (non-hydrogen) atoms. The zero-order valence-electron chi connectivity index (χ0n) is 13.9. The summed E-state index contributed by atoms with van der Waals surface area (Å²) in [6.45, 7) is 14.3. The molecule has 0 aromatic carbocycles. The lowest BCUT2D eigenvalue weighted by molar-refractivity contribution is -0.146. The fourth-order valence-electron chi connectivity index (χ4n) is 2.96. The smallest absolute Gasteiger partial charge is 0.323 e. The Morgan fingerprint density at radius 1 is 1.40 bits per heavy atom. The predicted octanol–water partition coefficient (Wildman–Crippen LogP) is 2.43. The van der Waals surface area contributed by atoms with Gasteiger partial charge in [-0.1, -0.05) is 27.7 Å². The Hall–Kier alpha value is -0.610. The van der Waals surface area contributed by atoms with E-state index in [1.54, 1.807) is 0 Å². The van der Waals surface area contributed by atoms with Crippen molar-refractivity contribution >= 4 is 5.97 Å². The molecule has 1 N–H and O–H groups in total. The molecule has 1 atom stereocenters. The van der Waals surface area contributed by atoms with Crippen LogP contribution in [-0.4, -0.2) is 49.2 Å². The molecule has 0 spiro atoms. The van der Waals surface area contributed by atoms with Gasteiger partial charge in [0.1, 0.15) is 6.04 Å². The molecule has 1 heterocycles. The molecule has 1 saturated heterocycles. The van der Waals surface area contributed by atoms with Gasteiger partial charge in [-0.2, -0.15) is 0 Å². The van der Waals surface area contributed by atoms with Crippen LogP contribution in [-0.2, 0) is 9.53 Å². The summed E-state index contributed by atoms with van der Waals surface area (Å²) in [5.41, 5.74) is 0.406. The van der Waals surface area contributed by atoms with Crippen LogP contribution in [0, 0.1) is 5.41 Å². The summed E-state index contributed by atoms with van der Waals surface area (Å²) in [5.74, 6) is -0.113. The van der Waals surface area contributed by atoms with Gasteiger partial charge in [0.15, 0.2) is 0 Å². The third-order valence-corrected chi connectivity index (χ3v) is 3.82. The maximum absolute atomic E-state index is 12.0. The largest absolute Gasteiger partial charge is 0.465 e. The van der Waals surface area contributed by atoms with Crippen LogP contribution < -0.4 is 5.32 Å². The number of likely N-dealkylation sites (tertiary alicyclic amines) is 1. The molecule has 0 amide bonds. The van der Waals surface area contributed by atoms with E-state index in [4.69, 9.17) is 4.74 Å². The minimum atomic E-state index is -0.181. The molecule has 4 heteroatoms. The van der Waals surface area contributed by atoms with Crippen molar-refractivity contribution in [2.45, 2.75) is 66.0 Å². The van der Waals surface area contributed by atoms with Crippen molar-refractivity contribution in [2.75, 3.05) is 26.2 Å². The summed E-state index contributed by atoms with van der Waals surface area (Å²) >= 11 is 0. The van der Waals surface area contributed by atoms with E-state index in [1.807, 2.05) is 6.92 Å². The molecule has 0 aliphatic carbocycles.